The third-order valence-corrected chi connectivity index (χ3v) is 4.69. The molecule has 1 fully saturated rings. The number of hydrogen-bond donors (Lipinski definition) is 0. The Balaban J connectivity index is 1.97. The Morgan fingerprint density at radius 1 is 1.28 bits per heavy atom. The molecule has 2 atom stereocenters. The smallest absolute Gasteiger partial charge is 0.333 e. The number of allylic oxidation sites excluding steroid dienone is 1. The molecule has 1 saturated carbocycles. The van der Waals surface area contributed by atoms with E-state index in [0.717, 1.165) is 11.3 Å². The van der Waals surface area contributed by atoms with Crippen LogP contribution >= 0.6 is 0 Å². The van der Waals surface area contributed by atoms with Crippen LogP contribution in [0.25, 0.3) is 0 Å². The van der Waals surface area contributed by atoms with Gasteiger partial charge in [-0.25, -0.2) is 4.79 Å². The maximum Gasteiger partial charge on any atom is 0.333 e. The van der Waals surface area contributed by atoms with E-state index < -0.39 is 0 Å². The number of ether oxygens (including phenoxy) is 3. The molecular weight excluding hydrogens is 320 g/mol. The van der Waals surface area contributed by atoms with E-state index in [2.05, 4.69) is 0 Å². The van der Waals surface area contributed by atoms with Crippen LogP contribution in [0.3, 0.4) is 0 Å². The van der Waals surface area contributed by atoms with Crippen molar-refractivity contribution in [3.63, 3.8) is 0 Å². The molecular formula is C20H26O5. The van der Waals surface area contributed by atoms with Crippen molar-refractivity contribution in [3.05, 3.63) is 41.5 Å². The molecule has 0 bridgehead atoms. The lowest BCUT2D eigenvalue weighted by atomic mass is 10.1. The van der Waals surface area contributed by atoms with E-state index in [9.17, 15) is 9.59 Å². The van der Waals surface area contributed by atoms with Crippen LogP contribution in [0.5, 0.6) is 5.75 Å². The second kappa shape index (κ2) is 7.72. The number of benzene rings is 1. The second-order valence-electron chi connectivity index (χ2n) is 6.85. The van der Waals surface area contributed by atoms with Gasteiger partial charge < -0.3 is 14.2 Å². The zero-order valence-corrected chi connectivity index (χ0v) is 15.5. The Labute approximate surface area is 149 Å². The summed E-state index contributed by atoms with van der Waals surface area (Å²) in [6.07, 6.45) is 1.81. The highest BCUT2D eigenvalue weighted by molar-refractivity contribution is 5.88. The molecule has 1 aromatic rings. The number of carbonyl (C=O) groups excluding carboxylic acids is 2. The van der Waals surface area contributed by atoms with Crippen molar-refractivity contribution in [2.75, 3.05) is 13.7 Å². The topological polar surface area (TPSA) is 61.8 Å². The largest absolute Gasteiger partial charge is 0.494 e. The van der Waals surface area contributed by atoms with Crippen molar-refractivity contribution in [2.24, 2.45) is 17.3 Å². The molecule has 0 unspecified atom stereocenters. The van der Waals surface area contributed by atoms with Crippen molar-refractivity contribution < 1.29 is 23.8 Å². The maximum absolute atomic E-state index is 12.4. The van der Waals surface area contributed by atoms with Gasteiger partial charge in [0, 0.05) is 5.57 Å². The lowest BCUT2D eigenvalue weighted by Crippen LogP contribution is -2.10. The van der Waals surface area contributed by atoms with E-state index in [0.29, 0.717) is 12.2 Å². The molecule has 0 heterocycles. The second-order valence-corrected chi connectivity index (χ2v) is 6.85. The number of hydrogen-bond acceptors (Lipinski definition) is 5. The SMILES string of the molecule is CCOc1cccc(COC(=O)[C@@H]2[C@@H](/C=C(\C)C(=O)OC)C2(C)C)c1. The van der Waals surface area contributed by atoms with Crippen molar-refractivity contribution >= 4 is 11.9 Å². The Morgan fingerprint density at radius 3 is 2.64 bits per heavy atom. The minimum atomic E-state index is -0.373. The highest BCUT2D eigenvalue weighted by Gasteiger charge is 2.61. The number of methoxy groups -OCH3 is 1. The van der Waals surface area contributed by atoms with Gasteiger partial charge >= 0.3 is 11.9 Å². The van der Waals surface area contributed by atoms with E-state index in [1.165, 1.54) is 7.11 Å². The van der Waals surface area contributed by atoms with Gasteiger partial charge in [-0.15, -0.1) is 0 Å². The molecule has 1 aliphatic rings. The fourth-order valence-corrected chi connectivity index (χ4v) is 3.07. The van der Waals surface area contributed by atoms with Crippen LogP contribution in [0.1, 0.15) is 33.3 Å². The lowest BCUT2D eigenvalue weighted by Gasteiger charge is -2.08. The van der Waals surface area contributed by atoms with Crippen molar-refractivity contribution in [2.45, 2.75) is 34.3 Å². The minimum absolute atomic E-state index is 0.0196. The maximum atomic E-state index is 12.4. The van der Waals surface area contributed by atoms with Gasteiger partial charge in [0.1, 0.15) is 12.4 Å². The van der Waals surface area contributed by atoms with Gasteiger partial charge in [0.05, 0.1) is 19.6 Å². The Hall–Kier alpha value is -2.30. The fourth-order valence-electron chi connectivity index (χ4n) is 3.07. The molecule has 1 aromatic carbocycles. The van der Waals surface area contributed by atoms with Crippen LogP contribution in [-0.2, 0) is 25.7 Å². The molecule has 0 aliphatic heterocycles. The van der Waals surface area contributed by atoms with Gasteiger partial charge in [0.15, 0.2) is 0 Å². The van der Waals surface area contributed by atoms with Gasteiger partial charge in [-0.05, 0) is 42.9 Å². The first-order valence-electron chi connectivity index (χ1n) is 8.46. The number of esters is 2. The molecule has 5 nitrogen and oxygen atoms in total. The average molecular weight is 346 g/mol. The summed E-state index contributed by atoms with van der Waals surface area (Å²) in [5.41, 5.74) is 1.18. The summed E-state index contributed by atoms with van der Waals surface area (Å²) in [4.78, 5) is 24.0. The van der Waals surface area contributed by atoms with E-state index >= 15 is 0 Å². The Bertz CT molecular complexity index is 674. The molecule has 0 saturated heterocycles. The zero-order valence-electron chi connectivity index (χ0n) is 15.5. The highest BCUT2D eigenvalue weighted by atomic mass is 16.5. The van der Waals surface area contributed by atoms with Gasteiger partial charge in [0.2, 0.25) is 0 Å². The summed E-state index contributed by atoms with van der Waals surface area (Å²) < 4.78 is 15.6. The molecule has 136 valence electrons. The van der Waals surface area contributed by atoms with Crippen LogP contribution in [0.2, 0.25) is 0 Å². The minimum Gasteiger partial charge on any atom is -0.494 e. The predicted molar refractivity (Wildman–Crippen MR) is 93.9 cm³/mol. The summed E-state index contributed by atoms with van der Waals surface area (Å²) in [6.45, 7) is 8.42. The van der Waals surface area contributed by atoms with Crippen molar-refractivity contribution in [1.82, 2.24) is 0 Å². The first-order chi connectivity index (χ1) is 11.8. The first kappa shape index (κ1) is 19.0. The molecule has 2 rings (SSSR count). The van der Waals surface area contributed by atoms with Crippen molar-refractivity contribution in [1.29, 1.82) is 0 Å². The molecule has 0 spiro atoms. The molecule has 0 radical (unpaired) electrons. The summed E-state index contributed by atoms with van der Waals surface area (Å²) in [5.74, 6) is -0.123. The third-order valence-electron chi connectivity index (χ3n) is 4.69. The molecule has 1 aliphatic carbocycles. The standard InChI is InChI=1S/C20H26O5/c1-6-24-15-9-7-8-14(11-15)12-25-19(22)17-16(20(17,3)4)10-13(2)18(21)23-5/h7-11,16-17H,6,12H2,1-5H3/b13-10+/t16-,17+/m1/s1. The normalized spacial score (nSPS) is 21.4. The van der Waals surface area contributed by atoms with E-state index in [1.54, 1.807) is 6.92 Å². The summed E-state index contributed by atoms with van der Waals surface area (Å²) in [7, 11) is 1.35. The molecule has 0 N–H and O–H groups in total. The van der Waals surface area contributed by atoms with Gasteiger partial charge in [0.25, 0.3) is 0 Å². The summed E-state index contributed by atoms with van der Waals surface area (Å²) >= 11 is 0. The lowest BCUT2D eigenvalue weighted by molar-refractivity contribution is -0.147. The van der Waals surface area contributed by atoms with Gasteiger partial charge in [-0.3, -0.25) is 4.79 Å². The van der Waals surface area contributed by atoms with E-state index in [4.69, 9.17) is 14.2 Å². The summed E-state index contributed by atoms with van der Waals surface area (Å²) in [5, 5.41) is 0. The Morgan fingerprint density at radius 2 is 2.00 bits per heavy atom. The first-order valence-corrected chi connectivity index (χ1v) is 8.46. The highest BCUT2D eigenvalue weighted by Crippen LogP contribution is 2.59. The Kier molecular flexibility index (Phi) is 5.88. The fraction of sp³-hybridized carbons (Fsp3) is 0.500. The van der Waals surface area contributed by atoms with Crippen LogP contribution in [0, 0.1) is 17.3 Å². The molecule has 0 aromatic heterocycles. The van der Waals surface area contributed by atoms with Gasteiger partial charge in [-0.1, -0.05) is 32.1 Å². The van der Waals surface area contributed by atoms with E-state index in [1.807, 2.05) is 51.1 Å². The van der Waals surface area contributed by atoms with Crippen LogP contribution in [0.4, 0.5) is 0 Å². The van der Waals surface area contributed by atoms with Crippen LogP contribution in [-0.4, -0.2) is 25.7 Å². The quantitative estimate of drug-likeness (QED) is 0.558. The predicted octanol–water partition coefficient (Wildman–Crippen LogP) is 3.52. The molecule has 25 heavy (non-hydrogen) atoms. The molecule has 0 amide bonds. The number of carbonyl (C=O) groups is 2. The molecule has 5 heteroatoms. The van der Waals surface area contributed by atoms with E-state index in [-0.39, 0.29) is 35.8 Å². The van der Waals surface area contributed by atoms with Crippen LogP contribution in [0.15, 0.2) is 35.9 Å². The monoisotopic (exact) mass is 346 g/mol. The van der Waals surface area contributed by atoms with Crippen molar-refractivity contribution in [3.8, 4) is 5.75 Å². The summed E-state index contributed by atoms with van der Waals surface area (Å²) in [6, 6.07) is 7.51. The van der Waals surface area contributed by atoms with Crippen LogP contribution < -0.4 is 4.74 Å². The zero-order chi connectivity index (χ0) is 18.6. The average Bonchev–Trinajstić information content (AvgIpc) is 3.12. The number of rotatable bonds is 7. The third kappa shape index (κ3) is 4.41. The van der Waals surface area contributed by atoms with Gasteiger partial charge in [-0.2, -0.15) is 0 Å².